The van der Waals surface area contributed by atoms with Crippen molar-refractivity contribution in [2.45, 2.75) is 26.2 Å². The molecule has 1 saturated heterocycles. The summed E-state index contributed by atoms with van der Waals surface area (Å²) in [6.45, 7) is 3.41. The highest BCUT2D eigenvalue weighted by molar-refractivity contribution is 6.12. The van der Waals surface area contributed by atoms with E-state index >= 15 is 0 Å². The van der Waals surface area contributed by atoms with Crippen LogP contribution in [-0.2, 0) is 0 Å². The van der Waals surface area contributed by atoms with E-state index in [1.807, 2.05) is 41.3 Å². The Bertz CT molecular complexity index is 1970. The molecule has 10 nitrogen and oxygen atoms in total. The molecule has 10 heteroatoms. The van der Waals surface area contributed by atoms with Crippen molar-refractivity contribution in [3.63, 3.8) is 0 Å². The zero-order valence-electron chi connectivity index (χ0n) is 25.7. The molecule has 1 fully saturated rings. The zero-order chi connectivity index (χ0) is 33.7. The van der Waals surface area contributed by atoms with Crippen LogP contribution in [-0.4, -0.2) is 68.7 Å². The van der Waals surface area contributed by atoms with E-state index in [9.17, 15) is 39.6 Å². The van der Waals surface area contributed by atoms with Gasteiger partial charge in [0.2, 0.25) is 0 Å². The van der Waals surface area contributed by atoms with Crippen LogP contribution in [0.2, 0.25) is 0 Å². The van der Waals surface area contributed by atoms with Gasteiger partial charge in [-0.15, -0.1) is 0 Å². The van der Waals surface area contributed by atoms with Crippen LogP contribution in [0.4, 0.5) is 5.69 Å². The number of rotatable bonds is 6. The molecular formula is C37H34N2O8. The summed E-state index contributed by atoms with van der Waals surface area (Å²) in [7, 11) is 0. The van der Waals surface area contributed by atoms with Crippen LogP contribution in [0.1, 0.15) is 67.6 Å². The maximum Gasteiger partial charge on any atom is 0.335 e. The average molecular weight is 635 g/mol. The number of phenolic OH excluding ortho intramolecular Hbond substituents is 2. The summed E-state index contributed by atoms with van der Waals surface area (Å²) in [5.41, 5.74) is 0.0869. The summed E-state index contributed by atoms with van der Waals surface area (Å²) in [4.78, 5) is 51.3. The number of hydrogen-bond donors (Lipinski definition) is 4. The fraction of sp³-hybridized carbons (Fsp3) is 0.189. The van der Waals surface area contributed by atoms with E-state index < -0.39 is 17.8 Å². The molecule has 0 saturated carbocycles. The standard InChI is InChI=1S/C21H17NO6.C16H17NO2/c1-2-22(15-10-13(20(25)26)9-14(11-15)21(27)28)19(24)17-8-7-12-5-3-4-6-16(12)18(17)23;18-15-13-7-3-2-6-12(13)8-9-14(15)16(19)17-10-4-1-5-11-17/h3-11,23H,2H2,1H3,(H,25,26)(H,27,28);2-3,6-9,18H,1,4-5,10-11H2. The third-order valence-electron chi connectivity index (χ3n) is 8.19. The maximum atomic E-state index is 13.1. The van der Waals surface area contributed by atoms with Gasteiger partial charge in [-0.3, -0.25) is 9.59 Å². The molecule has 1 aliphatic heterocycles. The van der Waals surface area contributed by atoms with E-state index in [0.717, 1.165) is 48.2 Å². The third kappa shape index (κ3) is 6.86. The number of carboxylic acids is 2. The molecule has 240 valence electrons. The summed E-state index contributed by atoms with van der Waals surface area (Å²) in [6, 6.07) is 24.9. The van der Waals surface area contributed by atoms with Crippen LogP contribution >= 0.6 is 0 Å². The van der Waals surface area contributed by atoms with Gasteiger partial charge < -0.3 is 30.2 Å². The summed E-state index contributed by atoms with van der Waals surface area (Å²) in [5.74, 6) is -3.31. The Hall–Kier alpha value is -5.90. The van der Waals surface area contributed by atoms with Crippen LogP contribution in [0.15, 0.2) is 91.0 Å². The van der Waals surface area contributed by atoms with Gasteiger partial charge in [-0.2, -0.15) is 0 Å². The molecule has 0 atom stereocenters. The zero-order valence-corrected chi connectivity index (χ0v) is 25.7. The second kappa shape index (κ2) is 14.0. The first kappa shape index (κ1) is 32.5. The lowest BCUT2D eigenvalue weighted by Gasteiger charge is -2.27. The van der Waals surface area contributed by atoms with Crippen molar-refractivity contribution in [1.29, 1.82) is 0 Å². The third-order valence-corrected chi connectivity index (χ3v) is 8.19. The lowest BCUT2D eigenvalue weighted by molar-refractivity contribution is 0.0691. The number of carbonyl (C=O) groups excluding carboxylic acids is 2. The van der Waals surface area contributed by atoms with Gasteiger partial charge in [-0.1, -0.05) is 60.7 Å². The Labute approximate surface area is 270 Å². The first-order valence-corrected chi connectivity index (χ1v) is 15.2. The molecule has 1 heterocycles. The molecule has 1 aliphatic rings. The van der Waals surface area contributed by atoms with Crippen molar-refractivity contribution in [1.82, 2.24) is 4.90 Å². The largest absolute Gasteiger partial charge is 0.506 e. The normalized spacial score (nSPS) is 12.7. The summed E-state index contributed by atoms with van der Waals surface area (Å²) in [6.07, 6.45) is 3.30. The van der Waals surface area contributed by atoms with Crippen LogP contribution < -0.4 is 4.90 Å². The summed E-state index contributed by atoms with van der Waals surface area (Å²) in [5, 5.41) is 42.3. The van der Waals surface area contributed by atoms with Crippen LogP contribution in [0.3, 0.4) is 0 Å². The molecule has 5 aromatic rings. The fourth-order valence-corrected chi connectivity index (χ4v) is 5.73. The van der Waals surface area contributed by atoms with Gasteiger partial charge >= 0.3 is 11.9 Å². The smallest absolute Gasteiger partial charge is 0.335 e. The highest BCUT2D eigenvalue weighted by Crippen LogP contribution is 2.32. The van der Waals surface area contributed by atoms with E-state index in [4.69, 9.17) is 0 Å². The number of amides is 2. The van der Waals surface area contributed by atoms with Crippen molar-refractivity contribution in [2.75, 3.05) is 24.5 Å². The molecule has 2 amide bonds. The Morgan fingerprint density at radius 2 is 1.15 bits per heavy atom. The maximum absolute atomic E-state index is 13.1. The predicted octanol–water partition coefficient (Wildman–Crippen LogP) is 6.78. The number of anilines is 1. The van der Waals surface area contributed by atoms with Gasteiger partial charge in [0.1, 0.15) is 11.5 Å². The predicted molar refractivity (Wildman–Crippen MR) is 179 cm³/mol. The van der Waals surface area contributed by atoms with Crippen LogP contribution in [0.25, 0.3) is 21.5 Å². The summed E-state index contributed by atoms with van der Waals surface area (Å²) < 4.78 is 0. The molecule has 47 heavy (non-hydrogen) atoms. The van der Waals surface area contributed by atoms with E-state index in [1.165, 1.54) is 29.5 Å². The van der Waals surface area contributed by atoms with Gasteiger partial charge in [-0.05, 0) is 67.3 Å². The highest BCUT2D eigenvalue weighted by atomic mass is 16.4. The molecule has 0 bridgehead atoms. The Morgan fingerprint density at radius 1 is 0.660 bits per heavy atom. The molecule has 0 radical (unpaired) electrons. The monoisotopic (exact) mass is 634 g/mol. The Kier molecular flexibility index (Phi) is 9.70. The molecule has 0 unspecified atom stereocenters. The van der Waals surface area contributed by atoms with Crippen molar-refractivity contribution in [3.8, 4) is 11.5 Å². The molecule has 4 N–H and O–H groups in total. The van der Waals surface area contributed by atoms with Crippen molar-refractivity contribution in [3.05, 3.63) is 113 Å². The number of hydrogen-bond acceptors (Lipinski definition) is 6. The SMILES string of the molecule is CCN(C(=O)c1ccc2ccccc2c1O)c1cc(C(=O)O)cc(C(=O)O)c1.O=C(c1ccc2ccccc2c1O)N1CCCCC1. The minimum absolute atomic E-state index is 0.0400. The van der Waals surface area contributed by atoms with E-state index in [0.29, 0.717) is 10.9 Å². The van der Waals surface area contributed by atoms with Crippen molar-refractivity contribution in [2.24, 2.45) is 0 Å². The van der Waals surface area contributed by atoms with Crippen molar-refractivity contribution >= 4 is 51.0 Å². The quantitative estimate of drug-likeness (QED) is 0.159. The fourth-order valence-electron chi connectivity index (χ4n) is 5.73. The number of phenols is 2. The summed E-state index contributed by atoms with van der Waals surface area (Å²) >= 11 is 0. The number of aromatic hydroxyl groups is 2. The Balaban J connectivity index is 0.000000198. The number of fused-ring (bicyclic) bond motifs is 2. The number of piperidine rings is 1. The van der Waals surface area contributed by atoms with E-state index in [1.54, 1.807) is 37.3 Å². The number of aromatic carboxylic acids is 2. The number of carbonyl (C=O) groups is 4. The number of carboxylic acid groups (broad SMARTS) is 2. The van der Waals surface area contributed by atoms with Crippen LogP contribution in [0, 0.1) is 0 Å². The molecular weight excluding hydrogens is 600 g/mol. The number of nitrogens with zero attached hydrogens (tertiary/aromatic N) is 2. The van der Waals surface area contributed by atoms with Gasteiger partial charge in [0.05, 0.1) is 22.3 Å². The van der Waals surface area contributed by atoms with Gasteiger partial charge in [0.15, 0.2) is 0 Å². The second-order valence-corrected chi connectivity index (χ2v) is 11.1. The highest BCUT2D eigenvalue weighted by Gasteiger charge is 2.24. The minimum Gasteiger partial charge on any atom is -0.506 e. The second-order valence-electron chi connectivity index (χ2n) is 11.1. The average Bonchev–Trinajstić information content (AvgIpc) is 3.09. The number of benzene rings is 5. The van der Waals surface area contributed by atoms with E-state index in [-0.39, 0.29) is 46.3 Å². The van der Waals surface area contributed by atoms with Gasteiger partial charge in [0.25, 0.3) is 11.8 Å². The molecule has 0 aliphatic carbocycles. The first-order valence-electron chi connectivity index (χ1n) is 15.2. The lowest BCUT2D eigenvalue weighted by Crippen LogP contribution is -2.35. The van der Waals surface area contributed by atoms with Crippen LogP contribution in [0.5, 0.6) is 11.5 Å². The Morgan fingerprint density at radius 3 is 1.66 bits per heavy atom. The lowest BCUT2D eigenvalue weighted by atomic mass is 10.0. The van der Waals surface area contributed by atoms with Crippen molar-refractivity contribution < 1.29 is 39.6 Å². The molecule has 0 aromatic heterocycles. The molecule has 5 aromatic carbocycles. The first-order chi connectivity index (χ1) is 22.6. The number of likely N-dealkylation sites (tertiary alicyclic amines) is 1. The topological polar surface area (TPSA) is 156 Å². The van der Waals surface area contributed by atoms with E-state index in [2.05, 4.69) is 0 Å². The molecule has 0 spiro atoms. The van der Waals surface area contributed by atoms with Gasteiger partial charge in [0, 0.05) is 36.1 Å². The molecule has 6 rings (SSSR count). The van der Waals surface area contributed by atoms with Gasteiger partial charge in [-0.25, -0.2) is 9.59 Å². The minimum atomic E-state index is -1.30.